The summed E-state index contributed by atoms with van der Waals surface area (Å²) in [5, 5.41) is 0. The first-order valence-corrected chi connectivity index (χ1v) is 10.3. The minimum absolute atomic E-state index is 0.0526. The lowest BCUT2D eigenvalue weighted by molar-refractivity contribution is 0.174. The Balaban J connectivity index is 1.84. The van der Waals surface area contributed by atoms with Gasteiger partial charge in [-0.15, -0.1) is 0 Å². The first-order valence-electron chi connectivity index (χ1n) is 8.81. The molecule has 0 saturated heterocycles. The maximum atomic E-state index is 13.5. The molecule has 0 aromatic heterocycles. The molecule has 0 N–H and O–H groups in total. The maximum Gasteiger partial charge on any atom is 0.264 e. The van der Waals surface area contributed by atoms with Crippen molar-refractivity contribution in [2.75, 3.05) is 11.1 Å². The third-order valence-corrected chi connectivity index (χ3v) is 6.60. The topological polar surface area (TPSA) is 55.8 Å². The molecule has 0 fully saturated rings. The Bertz CT molecular complexity index is 1130. The van der Waals surface area contributed by atoms with Crippen molar-refractivity contribution in [2.24, 2.45) is 0 Å². The molecule has 0 amide bonds. The summed E-state index contributed by atoms with van der Waals surface area (Å²) in [6.45, 7) is 1.75. The number of rotatable bonds is 5. The van der Waals surface area contributed by atoms with Crippen molar-refractivity contribution in [1.82, 2.24) is 0 Å². The van der Waals surface area contributed by atoms with E-state index < -0.39 is 27.7 Å². The predicted molar refractivity (Wildman–Crippen MR) is 103 cm³/mol. The molecule has 4 rings (SSSR count). The minimum atomic E-state index is -4.07. The van der Waals surface area contributed by atoms with Gasteiger partial charge >= 0.3 is 0 Å². The van der Waals surface area contributed by atoms with Gasteiger partial charge in [0.25, 0.3) is 10.0 Å². The van der Waals surface area contributed by atoms with Crippen molar-refractivity contribution in [1.29, 1.82) is 0 Å². The fourth-order valence-corrected chi connectivity index (χ4v) is 4.83. The van der Waals surface area contributed by atoms with Gasteiger partial charge in [0.2, 0.25) is 6.79 Å². The molecule has 0 saturated carbocycles. The van der Waals surface area contributed by atoms with E-state index in [4.69, 9.17) is 9.47 Å². The number of anilines is 1. The molecule has 1 aliphatic heterocycles. The number of hydrogen-bond acceptors (Lipinski definition) is 4. The van der Waals surface area contributed by atoms with E-state index in [2.05, 4.69) is 0 Å². The van der Waals surface area contributed by atoms with Gasteiger partial charge in [0, 0.05) is 6.07 Å². The Morgan fingerprint density at radius 2 is 1.45 bits per heavy atom. The number of ether oxygens (including phenoxy) is 2. The van der Waals surface area contributed by atoms with Crippen molar-refractivity contribution in [2.45, 2.75) is 17.9 Å². The zero-order valence-electron chi connectivity index (χ0n) is 15.4. The average Bonchev–Trinajstić information content (AvgIpc) is 3.16. The first kappa shape index (κ1) is 19.2. The van der Waals surface area contributed by atoms with Gasteiger partial charge in [-0.25, -0.2) is 17.2 Å². The first-order chi connectivity index (χ1) is 13.9. The summed E-state index contributed by atoms with van der Waals surface area (Å²) in [4.78, 5) is -0.0643. The molecule has 0 unspecified atom stereocenters. The van der Waals surface area contributed by atoms with Crippen LogP contribution in [-0.2, 0) is 10.0 Å². The van der Waals surface area contributed by atoms with Crippen LogP contribution in [-0.4, -0.2) is 15.2 Å². The molecule has 150 valence electrons. The lowest BCUT2D eigenvalue weighted by Crippen LogP contribution is -2.33. The van der Waals surface area contributed by atoms with E-state index in [1.807, 2.05) is 0 Å². The fourth-order valence-electron chi connectivity index (χ4n) is 3.19. The molecular weight excluding hydrogens is 400 g/mol. The second-order valence-corrected chi connectivity index (χ2v) is 8.33. The van der Waals surface area contributed by atoms with Crippen LogP contribution in [0.1, 0.15) is 18.5 Å². The zero-order chi connectivity index (χ0) is 20.6. The molecule has 3 aromatic carbocycles. The summed E-state index contributed by atoms with van der Waals surface area (Å²) < 4.78 is 65.6. The molecule has 0 bridgehead atoms. The second-order valence-electron chi connectivity index (χ2n) is 6.52. The third kappa shape index (κ3) is 3.63. The number of hydrogen-bond donors (Lipinski definition) is 0. The Morgan fingerprint density at radius 1 is 0.862 bits per heavy atom. The van der Waals surface area contributed by atoms with Gasteiger partial charge in [0.05, 0.1) is 16.6 Å². The van der Waals surface area contributed by atoms with E-state index in [9.17, 15) is 17.2 Å². The molecule has 0 aliphatic carbocycles. The number of fused-ring (bicyclic) bond motifs is 1. The number of benzene rings is 3. The molecule has 0 radical (unpaired) electrons. The van der Waals surface area contributed by atoms with Crippen LogP contribution in [0.15, 0.2) is 71.6 Å². The highest BCUT2D eigenvalue weighted by atomic mass is 32.2. The minimum Gasteiger partial charge on any atom is -0.454 e. The normalized spacial score (nSPS) is 13.9. The summed E-state index contributed by atoms with van der Waals surface area (Å²) in [5.41, 5.74) is 0.935. The van der Waals surface area contributed by atoms with E-state index in [1.54, 1.807) is 25.1 Å². The smallest absolute Gasteiger partial charge is 0.264 e. The molecule has 1 heterocycles. The fraction of sp³-hybridized carbons (Fsp3) is 0.143. The van der Waals surface area contributed by atoms with Gasteiger partial charge in [0.1, 0.15) is 11.6 Å². The number of halogens is 2. The molecule has 5 nitrogen and oxygen atoms in total. The van der Waals surface area contributed by atoms with Crippen molar-refractivity contribution in [3.63, 3.8) is 0 Å². The number of sulfonamides is 1. The van der Waals surface area contributed by atoms with Crippen molar-refractivity contribution < 1.29 is 26.7 Å². The zero-order valence-corrected chi connectivity index (χ0v) is 16.2. The van der Waals surface area contributed by atoms with E-state index in [1.165, 1.54) is 40.7 Å². The lowest BCUT2D eigenvalue weighted by Gasteiger charge is -2.31. The Morgan fingerprint density at radius 3 is 2.10 bits per heavy atom. The molecule has 8 heteroatoms. The van der Waals surface area contributed by atoms with Crippen LogP contribution in [0.4, 0.5) is 14.5 Å². The summed E-state index contributed by atoms with van der Waals surface area (Å²) in [6, 6.07) is 14.3. The lowest BCUT2D eigenvalue weighted by atomic mass is 10.1. The monoisotopic (exact) mass is 417 g/mol. The Labute approximate surface area is 167 Å². The molecular formula is C21H17F2NO4S. The van der Waals surface area contributed by atoms with Crippen LogP contribution in [0.5, 0.6) is 11.5 Å². The highest BCUT2D eigenvalue weighted by molar-refractivity contribution is 7.92. The summed E-state index contributed by atoms with van der Waals surface area (Å²) in [5.74, 6) is -0.0161. The van der Waals surface area contributed by atoms with Crippen LogP contribution >= 0.6 is 0 Å². The quantitative estimate of drug-likeness (QED) is 0.606. The van der Waals surface area contributed by atoms with Gasteiger partial charge in [-0.1, -0.05) is 12.1 Å². The van der Waals surface area contributed by atoms with Crippen LogP contribution in [0.2, 0.25) is 0 Å². The number of nitrogens with zero attached hydrogens (tertiary/aromatic N) is 1. The average molecular weight is 417 g/mol. The largest absolute Gasteiger partial charge is 0.454 e. The van der Waals surface area contributed by atoms with Gasteiger partial charge in [0.15, 0.2) is 11.5 Å². The summed E-state index contributed by atoms with van der Waals surface area (Å²) in [6.07, 6.45) is 0. The van der Waals surface area contributed by atoms with E-state index in [-0.39, 0.29) is 11.7 Å². The molecule has 1 aliphatic rings. The molecule has 1 atom stereocenters. The van der Waals surface area contributed by atoms with Gasteiger partial charge in [-0.3, -0.25) is 4.31 Å². The van der Waals surface area contributed by atoms with E-state index >= 15 is 0 Å². The van der Waals surface area contributed by atoms with Gasteiger partial charge in [-0.05, 0) is 61.0 Å². The van der Waals surface area contributed by atoms with E-state index in [0.717, 1.165) is 12.1 Å². The van der Waals surface area contributed by atoms with Crippen molar-refractivity contribution >= 4 is 15.7 Å². The van der Waals surface area contributed by atoms with Crippen molar-refractivity contribution in [3.05, 3.63) is 83.9 Å². The van der Waals surface area contributed by atoms with Gasteiger partial charge in [-0.2, -0.15) is 0 Å². The van der Waals surface area contributed by atoms with Crippen LogP contribution in [0, 0.1) is 11.6 Å². The molecule has 29 heavy (non-hydrogen) atoms. The van der Waals surface area contributed by atoms with Crippen LogP contribution in [0.3, 0.4) is 0 Å². The molecule has 0 spiro atoms. The SMILES string of the molecule is C[C@H](c1ccc(F)cc1)N(c1ccc2c(c1)OCO2)S(=O)(=O)c1ccc(F)cc1. The second kappa shape index (κ2) is 7.36. The van der Waals surface area contributed by atoms with Crippen molar-refractivity contribution in [3.8, 4) is 11.5 Å². The Kier molecular flexibility index (Phi) is 4.87. The highest BCUT2D eigenvalue weighted by Gasteiger charge is 2.31. The summed E-state index contributed by atoms with van der Waals surface area (Å²) >= 11 is 0. The van der Waals surface area contributed by atoms with E-state index in [0.29, 0.717) is 22.7 Å². The van der Waals surface area contributed by atoms with Gasteiger partial charge < -0.3 is 9.47 Å². The Hall–Kier alpha value is -3.13. The van der Waals surface area contributed by atoms with Crippen LogP contribution in [0.25, 0.3) is 0 Å². The highest BCUT2D eigenvalue weighted by Crippen LogP contribution is 2.40. The standard InChI is InChI=1S/C21H17F2NO4S/c1-14(15-2-4-16(22)5-3-15)24(18-8-11-20-21(12-18)28-13-27-20)29(25,26)19-9-6-17(23)7-10-19/h2-12,14H,13H2,1H3/t14-/m1/s1. The summed E-state index contributed by atoms with van der Waals surface area (Å²) in [7, 11) is -4.07. The maximum absolute atomic E-state index is 13.5. The predicted octanol–water partition coefficient (Wildman–Crippen LogP) is 4.65. The molecule has 3 aromatic rings. The third-order valence-electron chi connectivity index (χ3n) is 4.69. The van der Waals surface area contributed by atoms with Crippen LogP contribution < -0.4 is 13.8 Å².